The Morgan fingerprint density at radius 3 is 0.676 bits per heavy atom. The third kappa shape index (κ3) is 7.73. The number of halogens is 15. The van der Waals surface area contributed by atoms with Gasteiger partial charge in [0, 0.05) is 67.9 Å². The standard InChI is InChI=1S/C17H23Cl15Si5/c1-2-3(13(23,24)8(18)33)5(15(27,28)10(20)35)7(17(31,32)12(22)37)6(16(29,30)11(21)36)4(2)14(25,26)9(19)34/h8-12H,1,33-37H3. The Morgan fingerprint density at radius 1 is 0.378 bits per heavy atom. The van der Waals surface area contributed by atoms with Crippen molar-refractivity contribution in [2.75, 3.05) is 0 Å². The Bertz CT molecular complexity index is 927. The van der Waals surface area contributed by atoms with Crippen molar-refractivity contribution in [2.45, 2.75) is 53.6 Å². The molecule has 0 saturated carbocycles. The predicted octanol–water partition coefficient (Wildman–Crippen LogP) is 4.80. The summed E-state index contributed by atoms with van der Waals surface area (Å²) in [6.45, 7) is 1.66. The second-order valence-corrected chi connectivity index (χ2v) is 28.3. The molecule has 0 radical (unpaired) electrons. The van der Waals surface area contributed by atoms with E-state index < -0.39 is 46.7 Å². The molecule has 37 heavy (non-hydrogen) atoms. The van der Waals surface area contributed by atoms with Crippen LogP contribution in [0.4, 0.5) is 0 Å². The molecule has 0 bridgehead atoms. The summed E-state index contributed by atoms with van der Waals surface area (Å²) in [7, 11) is 1.64. The number of hydrogen-bond acceptors (Lipinski definition) is 0. The molecule has 1 aromatic rings. The highest BCUT2D eigenvalue weighted by Crippen LogP contribution is 2.62. The van der Waals surface area contributed by atoms with Crippen LogP contribution >= 0.6 is 174 Å². The maximum absolute atomic E-state index is 7.03. The zero-order valence-corrected chi connectivity index (χ0v) is 41.4. The minimum Gasteiger partial charge on any atom is -0.124 e. The van der Waals surface area contributed by atoms with Crippen LogP contribution in [0, 0.1) is 6.92 Å². The first-order valence-corrected chi connectivity index (χ1v) is 22.3. The second kappa shape index (κ2) is 14.0. The van der Waals surface area contributed by atoms with Gasteiger partial charge < -0.3 is 0 Å². The lowest BCUT2D eigenvalue weighted by atomic mass is 9.80. The molecule has 0 spiro atoms. The van der Waals surface area contributed by atoms with Crippen LogP contribution in [-0.2, 0) is 21.7 Å². The molecule has 1 aromatic carbocycles. The summed E-state index contributed by atoms with van der Waals surface area (Å²) >= 11 is 103. The summed E-state index contributed by atoms with van der Waals surface area (Å²) in [6, 6.07) is 0. The first-order valence-electron chi connectivity index (χ1n) is 10.6. The molecule has 0 aliphatic rings. The first-order chi connectivity index (χ1) is 16.2. The van der Waals surface area contributed by atoms with Crippen LogP contribution in [0.25, 0.3) is 0 Å². The SMILES string of the molecule is Cc1c(C(Cl)(Cl)C([SiH3])Cl)c(C(Cl)(Cl)C([SiH3])Cl)c(C(Cl)(Cl)C([SiH3])Cl)c(C(Cl)(Cl)C([SiH3])Cl)c1C(Cl)(Cl)C([SiH3])Cl. The molecule has 216 valence electrons. The number of alkyl halides is 15. The van der Waals surface area contributed by atoms with Crippen molar-refractivity contribution in [1.82, 2.24) is 0 Å². The zero-order chi connectivity index (χ0) is 29.9. The third-order valence-corrected chi connectivity index (χ3v) is 21.8. The maximum atomic E-state index is 7.03. The van der Waals surface area contributed by atoms with E-state index in [4.69, 9.17) is 174 Å². The van der Waals surface area contributed by atoms with Crippen molar-refractivity contribution >= 4 is 225 Å². The van der Waals surface area contributed by atoms with Gasteiger partial charge in [-0.3, -0.25) is 0 Å². The molecule has 0 saturated heterocycles. The van der Waals surface area contributed by atoms with Crippen LogP contribution in [0.3, 0.4) is 0 Å². The van der Waals surface area contributed by atoms with E-state index in [0.717, 1.165) is 0 Å². The topological polar surface area (TPSA) is 0 Å². The maximum Gasteiger partial charge on any atom is 0.156 e. The average Bonchev–Trinajstić information content (AvgIpc) is 2.71. The monoisotopic (exact) mass is 892 g/mol. The summed E-state index contributed by atoms with van der Waals surface area (Å²) in [5.41, 5.74) is 0.855. The van der Waals surface area contributed by atoms with Crippen molar-refractivity contribution in [1.29, 1.82) is 0 Å². The van der Waals surface area contributed by atoms with Gasteiger partial charge in [-0.1, -0.05) is 116 Å². The molecule has 0 amide bonds. The zero-order valence-electron chi connectivity index (χ0n) is 20.1. The summed E-state index contributed by atoms with van der Waals surface area (Å²) in [6.07, 6.45) is 0. The van der Waals surface area contributed by atoms with Crippen LogP contribution < -0.4 is 0 Å². The minimum atomic E-state index is -1.91. The van der Waals surface area contributed by atoms with Gasteiger partial charge in [0.05, 0.1) is 25.0 Å². The molecule has 1 rings (SSSR count). The Hall–Kier alpha value is 4.65. The van der Waals surface area contributed by atoms with E-state index in [1.807, 2.05) is 0 Å². The first kappa shape index (κ1) is 39.7. The number of hydrogen-bond donors (Lipinski definition) is 0. The van der Waals surface area contributed by atoms with Crippen molar-refractivity contribution in [3.8, 4) is 0 Å². The molecule has 5 atom stereocenters. The Morgan fingerprint density at radius 2 is 0.514 bits per heavy atom. The van der Waals surface area contributed by atoms with E-state index in [1.54, 1.807) is 6.92 Å². The number of benzene rings is 1. The van der Waals surface area contributed by atoms with Crippen molar-refractivity contribution in [3.63, 3.8) is 0 Å². The van der Waals surface area contributed by atoms with E-state index in [1.165, 1.54) is 0 Å². The Labute approximate surface area is 308 Å². The van der Waals surface area contributed by atoms with E-state index in [-0.39, 0.29) is 27.8 Å². The largest absolute Gasteiger partial charge is 0.156 e. The quantitative estimate of drug-likeness (QED) is 0.234. The van der Waals surface area contributed by atoms with Crippen LogP contribution in [0.5, 0.6) is 0 Å². The third-order valence-electron chi connectivity index (χ3n) is 5.91. The van der Waals surface area contributed by atoms with Gasteiger partial charge in [-0.15, -0.1) is 58.0 Å². The summed E-state index contributed by atoms with van der Waals surface area (Å²) in [4.78, 5) is 0. The molecule has 0 aromatic heterocycles. The van der Waals surface area contributed by atoms with Gasteiger partial charge in [-0.05, 0) is 23.6 Å². The highest BCUT2D eigenvalue weighted by molar-refractivity contribution is 6.63. The van der Waals surface area contributed by atoms with Crippen LogP contribution in [-0.4, -0.2) is 76.2 Å². The van der Waals surface area contributed by atoms with E-state index >= 15 is 0 Å². The second-order valence-electron chi connectivity index (χ2n) is 8.69. The highest BCUT2D eigenvalue weighted by Gasteiger charge is 2.56. The van der Waals surface area contributed by atoms with Crippen molar-refractivity contribution in [3.05, 3.63) is 33.4 Å². The smallest absolute Gasteiger partial charge is 0.124 e. The summed E-state index contributed by atoms with van der Waals surface area (Å²) in [5, 5.41) is -4.02. The van der Waals surface area contributed by atoms with Gasteiger partial charge in [0.2, 0.25) is 0 Å². The molecule has 0 heterocycles. The molecule has 0 aliphatic carbocycles. The van der Waals surface area contributed by atoms with Crippen molar-refractivity contribution < 1.29 is 0 Å². The molecule has 5 unspecified atom stereocenters. The molecular weight excluding hydrogens is 876 g/mol. The van der Waals surface area contributed by atoms with Gasteiger partial charge in [-0.2, -0.15) is 0 Å². The number of rotatable bonds is 10. The van der Waals surface area contributed by atoms with Crippen LogP contribution in [0.1, 0.15) is 33.4 Å². The van der Waals surface area contributed by atoms with Gasteiger partial charge >= 0.3 is 0 Å². The van der Waals surface area contributed by atoms with E-state index in [0.29, 0.717) is 56.8 Å². The molecule has 20 heteroatoms. The lowest BCUT2D eigenvalue weighted by Gasteiger charge is -2.44. The van der Waals surface area contributed by atoms with Gasteiger partial charge in [0.15, 0.2) is 21.7 Å². The lowest BCUT2D eigenvalue weighted by Crippen LogP contribution is -2.43. The summed E-state index contributed by atoms with van der Waals surface area (Å²) in [5.74, 6) is 0. The lowest BCUT2D eigenvalue weighted by molar-refractivity contribution is 0.738. The molecule has 0 fully saturated rings. The molecule has 0 aliphatic heterocycles. The van der Waals surface area contributed by atoms with Crippen molar-refractivity contribution in [2.24, 2.45) is 0 Å². The average molecular weight is 900 g/mol. The van der Waals surface area contributed by atoms with Crippen LogP contribution in [0.2, 0.25) is 0 Å². The fourth-order valence-electron chi connectivity index (χ4n) is 3.70. The predicted molar refractivity (Wildman–Crippen MR) is 196 cm³/mol. The minimum absolute atomic E-state index is 0.0220. The molecular formula is C17H23Cl15Si5. The van der Waals surface area contributed by atoms with Gasteiger partial charge in [0.25, 0.3) is 0 Å². The van der Waals surface area contributed by atoms with Gasteiger partial charge in [0.1, 0.15) is 0 Å². The Balaban J connectivity index is 5.04. The van der Waals surface area contributed by atoms with Crippen LogP contribution in [0.15, 0.2) is 0 Å². The fourth-order valence-corrected chi connectivity index (χ4v) is 7.77. The molecule has 0 N–H and O–H groups in total. The fraction of sp³-hybridized carbons (Fsp3) is 0.647. The highest BCUT2D eigenvalue weighted by atomic mass is 35.6. The Kier molecular flexibility index (Phi) is 15.0. The molecule has 0 nitrogen and oxygen atoms in total. The van der Waals surface area contributed by atoms with Gasteiger partial charge in [-0.25, -0.2) is 0 Å². The van der Waals surface area contributed by atoms with E-state index in [2.05, 4.69) is 0 Å². The normalized spacial score (nSPS) is 18.8. The van der Waals surface area contributed by atoms with E-state index in [9.17, 15) is 0 Å². The summed E-state index contributed by atoms with van der Waals surface area (Å²) < 4.78 is -9.20.